The Morgan fingerprint density at radius 3 is 2.48 bits per heavy atom. The Morgan fingerprint density at radius 1 is 1.24 bits per heavy atom. The number of benzene rings is 1. The smallest absolute Gasteiger partial charge is 0.338 e. The Hall–Kier alpha value is -1.77. The lowest BCUT2D eigenvalue weighted by molar-refractivity contribution is -0.146. The Bertz CT molecular complexity index is 634. The van der Waals surface area contributed by atoms with Crippen LogP contribution in [0.5, 0.6) is 0 Å². The first-order valence-electron chi connectivity index (χ1n) is 7.84. The zero-order valence-corrected chi connectivity index (χ0v) is 13.5. The van der Waals surface area contributed by atoms with Gasteiger partial charge in [-0.15, -0.1) is 0 Å². The molecule has 1 atom stereocenters. The number of hydrogen-bond acceptors (Lipinski definition) is 2. The van der Waals surface area contributed by atoms with E-state index >= 15 is 0 Å². The molecule has 1 aliphatic rings. The minimum Gasteiger partial charge on any atom is -0.338 e. The number of carbonyl (C=O) groups is 1. The van der Waals surface area contributed by atoms with Crippen molar-refractivity contribution < 1.29 is 31.1 Å². The summed E-state index contributed by atoms with van der Waals surface area (Å²) in [5, 5.41) is 0. The quantitative estimate of drug-likeness (QED) is 0.587. The van der Waals surface area contributed by atoms with Crippen LogP contribution < -0.4 is 0 Å². The van der Waals surface area contributed by atoms with Crippen molar-refractivity contribution in [3.8, 4) is 0 Å². The summed E-state index contributed by atoms with van der Waals surface area (Å²) in [4.78, 5) is 14.6. The van der Waals surface area contributed by atoms with Crippen LogP contribution in [0.1, 0.15) is 23.7 Å². The SMILES string of the molecule is CCN(CC1CCN(C(=O)c2c(F)ccc(F)c2F)C1)CC(F)(F)F. The monoisotopic (exact) mass is 368 g/mol. The van der Waals surface area contributed by atoms with Crippen LogP contribution in [0.25, 0.3) is 0 Å². The van der Waals surface area contributed by atoms with Gasteiger partial charge in [-0.3, -0.25) is 9.69 Å². The maximum atomic E-state index is 13.7. The molecule has 1 unspecified atom stereocenters. The topological polar surface area (TPSA) is 23.6 Å². The van der Waals surface area contributed by atoms with E-state index in [-0.39, 0.29) is 32.1 Å². The van der Waals surface area contributed by atoms with Gasteiger partial charge in [-0.1, -0.05) is 6.92 Å². The van der Waals surface area contributed by atoms with Crippen molar-refractivity contribution in [1.82, 2.24) is 9.80 Å². The maximum Gasteiger partial charge on any atom is 0.401 e. The van der Waals surface area contributed by atoms with Gasteiger partial charge in [0.15, 0.2) is 11.6 Å². The highest BCUT2D eigenvalue weighted by Crippen LogP contribution is 2.24. The van der Waals surface area contributed by atoms with Gasteiger partial charge in [0.2, 0.25) is 0 Å². The third-order valence-electron chi connectivity index (χ3n) is 4.20. The summed E-state index contributed by atoms with van der Waals surface area (Å²) in [6.45, 7) is 1.08. The third-order valence-corrected chi connectivity index (χ3v) is 4.20. The molecule has 1 heterocycles. The first kappa shape index (κ1) is 19.6. The largest absolute Gasteiger partial charge is 0.401 e. The number of nitrogens with zero attached hydrogens (tertiary/aromatic N) is 2. The molecule has 1 fully saturated rings. The van der Waals surface area contributed by atoms with Crippen LogP contribution in [-0.4, -0.2) is 54.6 Å². The van der Waals surface area contributed by atoms with E-state index in [2.05, 4.69) is 0 Å². The number of rotatable bonds is 5. The summed E-state index contributed by atoms with van der Waals surface area (Å²) in [5.41, 5.74) is -0.969. The molecule has 9 heteroatoms. The molecule has 0 aromatic heterocycles. The molecular weight excluding hydrogens is 350 g/mol. The lowest BCUT2D eigenvalue weighted by Crippen LogP contribution is -2.38. The number of halogens is 6. The van der Waals surface area contributed by atoms with Crippen molar-refractivity contribution in [1.29, 1.82) is 0 Å². The number of alkyl halides is 3. The first-order valence-corrected chi connectivity index (χ1v) is 7.84. The highest BCUT2D eigenvalue weighted by atomic mass is 19.4. The fraction of sp³-hybridized carbons (Fsp3) is 0.562. The van der Waals surface area contributed by atoms with Crippen molar-refractivity contribution >= 4 is 5.91 Å². The van der Waals surface area contributed by atoms with Gasteiger partial charge >= 0.3 is 6.18 Å². The Labute approximate surface area is 141 Å². The van der Waals surface area contributed by atoms with Gasteiger partial charge in [-0.2, -0.15) is 13.2 Å². The van der Waals surface area contributed by atoms with Crippen LogP contribution in [-0.2, 0) is 0 Å². The Balaban J connectivity index is 2.03. The van der Waals surface area contributed by atoms with Crippen LogP contribution >= 0.6 is 0 Å². The van der Waals surface area contributed by atoms with Crippen molar-refractivity contribution in [2.45, 2.75) is 19.5 Å². The number of likely N-dealkylation sites (tertiary alicyclic amines) is 1. The van der Waals surface area contributed by atoms with Gasteiger partial charge in [0.25, 0.3) is 5.91 Å². The predicted octanol–water partition coefficient (Wildman–Crippen LogP) is 3.45. The summed E-state index contributed by atoms with van der Waals surface area (Å²) in [7, 11) is 0. The second-order valence-corrected chi connectivity index (χ2v) is 6.07. The standard InChI is InChI=1S/C16H18F6N2O/c1-2-23(9-16(20,21)22)7-10-5-6-24(8-10)15(25)13-11(17)3-4-12(18)14(13)19/h3-4,10H,2,5-9H2,1H3. The molecule has 1 aromatic rings. The molecule has 1 amide bonds. The minimum absolute atomic E-state index is 0.0720. The lowest BCUT2D eigenvalue weighted by atomic mass is 10.1. The molecule has 25 heavy (non-hydrogen) atoms. The van der Waals surface area contributed by atoms with Gasteiger partial charge in [0, 0.05) is 19.6 Å². The van der Waals surface area contributed by atoms with Gasteiger partial charge in [-0.05, 0) is 31.0 Å². The average molecular weight is 368 g/mol. The summed E-state index contributed by atoms with van der Waals surface area (Å²) < 4.78 is 78.1. The second-order valence-electron chi connectivity index (χ2n) is 6.07. The normalized spacial score (nSPS) is 18.2. The van der Waals surface area contributed by atoms with Crippen LogP contribution in [0.3, 0.4) is 0 Å². The van der Waals surface area contributed by atoms with Crippen molar-refractivity contribution in [2.75, 3.05) is 32.7 Å². The van der Waals surface area contributed by atoms with E-state index in [1.165, 1.54) is 4.90 Å². The third kappa shape index (κ3) is 4.87. The molecule has 1 aromatic carbocycles. The van der Waals surface area contributed by atoms with Gasteiger partial charge < -0.3 is 4.90 Å². The molecule has 0 radical (unpaired) electrons. The van der Waals surface area contributed by atoms with E-state index in [4.69, 9.17) is 0 Å². The highest BCUT2D eigenvalue weighted by molar-refractivity contribution is 5.95. The second kappa shape index (κ2) is 7.63. The van der Waals surface area contributed by atoms with Crippen LogP contribution in [0.4, 0.5) is 26.3 Å². The van der Waals surface area contributed by atoms with Gasteiger partial charge in [-0.25, -0.2) is 13.2 Å². The Kier molecular flexibility index (Phi) is 5.97. The lowest BCUT2D eigenvalue weighted by Gasteiger charge is -2.25. The van der Waals surface area contributed by atoms with Crippen LogP contribution in [0, 0.1) is 23.4 Å². The number of hydrogen-bond donors (Lipinski definition) is 0. The summed E-state index contributed by atoms with van der Waals surface area (Å²) in [6.07, 6.45) is -3.91. The molecule has 0 bridgehead atoms. The minimum atomic E-state index is -4.32. The number of carbonyl (C=O) groups excluding carboxylic acids is 1. The van der Waals surface area contributed by atoms with Crippen LogP contribution in [0.2, 0.25) is 0 Å². The Morgan fingerprint density at radius 2 is 1.88 bits per heavy atom. The molecular formula is C16H18F6N2O. The van der Waals surface area contributed by atoms with Crippen molar-refractivity contribution in [2.24, 2.45) is 5.92 Å². The highest BCUT2D eigenvalue weighted by Gasteiger charge is 2.34. The van der Waals surface area contributed by atoms with Crippen LogP contribution in [0.15, 0.2) is 12.1 Å². The van der Waals surface area contributed by atoms with Crippen molar-refractivity contribution in [3.05, 3.63) is 35.1 Å². The van der Waals surface area contributed by atoms with E-state index < -0.39 is 41.6 Å². The summed E-state index contributed by atoms with van der Waals surface area (Å²) in [6, 6.07) is 1.26. The zero-order chi connectivity index (χ0) is 18.8. The summed E-state index contributed by atoms with van der Waals surface area (Å²) in [5.74, 6) is -5.29. The molecule has 140 valence electrons. The van der Waals surface area contributed by atoms with Gasteiger partial charge in [0.05, 0.1) is 6.54 Å². The van der Waals surface area contributed by atoms with E-state index in [0.717, 1.165) is 4.90 Å². The maximum absolute atomic E-state index is 13.7. The molecule has 0 spiro atoms. The molecule has 3 nitrogen and oxygen atoms in total. The van der Waals surface area contributed by atoms with E-state index in [0.29, 0.717) is 18.6 Å². The van der Waals surface area contributed by atoms with E-state index in [9.17, 15) is 31.1 Å². The number of amides is 1. The molecule has 0 saturated carbocycles. The predicted molar refractivity (Wildman–Crippen MR) is 78.5 cm³/mol. The fourth-order valence-corrected chi connectivity index (χ4v) is 2.97. The van der Waals surface area contributed by atoms with Gasteiger partial charge in [0.1, 0.15) is 11.4 Å². The first-order chi connectivity index (χ1) is 11.6. The van der Waals surface area contributed by atoms with Crippen molar-refractivity contribution in [3.63, 3.8) is 0 Å². The van der Waals surface area contributed by atoms with E-state index in [1.807, 2.05) is 0 Å². The molecule has 0 N–H and O–H groups in total. The fourth-order valence-electron chi connectivity index (χ4n) is 2.97. The van der Waals surface area contributed by atoms with E-state index in [1.54, 1.807) is 6.92 Å². The average Bonchev–Trinajstić information content (AvgIpc) is 2.97. The molecule has 2 rings (SSSR count). The summed E-state index contributed by atoms with van der Waals surface area (Å²) >= 11 is 0. The zero-order valence-electron chi connectivity index (χ0n) is 13.5. The molecule has 1 aliphatic heterocycles. The molecule has 0 aliphatic carbocycles. The molecule has 1 saturated heterocycles.